The topological polar surface area (TPSA) is 96.6 Å². The molecule has 0 fully saturated rings. The second-order valence-electron chi connectivity index (χ2n) is 7.31. The Bertz CT molecular complexity index is 1300. The summed E-state index contributed by atoms with van der Waals surface area (Å²) in [6.45, 7) is 2.10. The third-order valence-electron chi connectivity index (χ3n) is 4.72. The maximum Gasteiger partial charge on any atom is 0.376 e. The molecule has 0 atom stereocenters. The number of hydrogen-bond acceptors (Lipinski definition) is 4. The van der Waals surface area contributed by atoms with E-state index in [1.165, 1.54) is 22.8 Å². The Labute approximate surface area is 187 Å². The maximum absolute atomic E-state index is 13.5. The van der Waals surface area contributed by atoms with Crippen molar-refractivity contribution in [1.29, 1.82) is 0 Å². The van der Waals surface area contributed by atoms with Crippen LogP contribution >= 0.6 is 11.6 Å². The minimum absolute atomic E-state index is 0.0504. The fraction of sp³-hybridized carbons (Fsp3) is 0.125. The number of pyridine rings is 1. The quantitative estimate of drug-likeness (QED) is 0.317. The van der Waals surface area contributed by atoms with Gasteiger partial charge in [-0.3, -0.25) is 9.59 Å². The normalized spacial score (nSPS) is 11.4. The van der Waals surface area contributed by atoms with E-state index >= 15 is 0 Å². The molecule has 0 aliphatic rings. The van der Waals surface area contributed by atoms with Gasteiger partial charge >= 0.3 is 5.97 Å². The van der Waals surface area contributed by atoms with Crippen molar-refractivity contribution in [3.63, 3.8) is 0 Å². The lowest BCUT2D eigenvalue weighted by molar-refractivity contribution is -0.146. The Hall–Kier alpha value is -3.71. The van der Waals surface area contributed by atoms with Gasteiger partial charge in [-0.05, 0) is 48.2 Å². The minimum atomic E-state index is -1.76. The zero-order chi connectivity index (χ0) is 23.4. The molecule has 164 valence electrons. The van der Waals surface area contributed by atoms with Gasteiger partial charge in [0.05, 0.1) is 17.1 Å². The molecule has 6 nitrogen and oxygen atoms in total. The molecule has 0 aliphatic carbocycles. The lowest BCUT2D eigenvalue weighted by Gasteiger charge is -2.13. The highest BCUT2D eigenvalue weighted by atomic mass is 35.5. The smallest absolute Gasteiger partial charge is 0.376 e. The number of hydrogen-bond donors (Lipinski definition) is 2. The van der Waals surface area contributed by atoms with E-state index in [1.807, 2.05) is 31.2 Å². The highest BCUT2D eigenvalue weighted by molar-refractivity contribution is 6.38. The van der Waals surface area contributed by atoms with E-state index in [4.69, 9.17) is 16.7 Å². The van der Waals surface area contributed by atoms with Crippen molar-refractivity contribution >= 4 is 29.1 Å². The van der Waals surface area contributed by atoms with Crippen LogP contribution in [0.2, 0.25) is 5.02 Å². The lowest BCUT2D eigenvalue weighted by Crippen LogP contribution is -2.25. The number of aromatic nitrogens is 1. The van der Waals surface area contributed by atoms with Crippen LogP contribution in [0.1, 0.15) is 27.8 Å². The number of ketones is 1. The molecule has 3 aromatic rings. The number of benzene rings is 2. The predicted octanol–water partition coefficient (Wildman–Crippen LogP) is 4.14. The third-order valence-corrected chi connectivity index (χ3v) is 5.01. The standard InChI is InChI=1S/C24H19ClFNO5/c1-14-3-2-4-16(7-14)12-27-13-17(8-15-5-6-20(26)19(25)10-15)9-18(23(27)30)21(28)11-22(29)24(31)32/h2-7,9-11,13,28H,8,12H2,1H3,(H,31,32). The van der Waals surface area contributed by atoms with E-state index in [-0.39, 0.29) is 23.6 Å². The summed E-state index contributed by atoms with van der Waals surface area (Å²) in [5, 5.41) is 19.1. The summed E-state index contributed by atoms with van der Waals surface area (Å²) in [4.78, 5) is 35.3. The number of carboxylic acids is 1. The molecule has 0 saturated heterocycles. The zero-order valence-corrected chi connectivity index (χ0v) is 17.8. The van der Waals surface area contributed by atoms with Gasteiger partial charge in [0.1, 0.15) is 11.6 Å². The van der Waals surface area contributed by atoms with Gasteiger partial charge in [-0.25, -0.2) is 9.18 Å². The largest absolute Gasteiger partial charge is 0.507 e. The first-order valence-corrected chi connectivity index (χ1v) is 9.93. The fourth-order valence-electron chi connectivity index (χ4n) is 3.25. The Balaban J connectivity index is 2.09. The molecule has 2 N–H and O–H groups in total. The number of carbonyl (C=O) groups is 2. The maximum atomic E-state index is 13.5. The number of aryl methyl sites for hydroxylation is 1. The Morgan fingerprint density at radius 3 is 2.47 bits per heavy atom. The first kappa shape index (κ1) is 23.0. The number of aliphatic carboxylic acids is 1. The van der Waals surface area contributed by atoms with Crippen molar-refractivity contribution in [3.05, 3.63) is 110 Å². The molecule has 0 spiro atoms. The van der Waals surface area contributed by atoms with Crippen LogP contribution in [0, 0.1) is 12.7 Å². The second-order valence-corrected chi connectivity index (χ2v) is 7.72. The van der Waals surface area contributed by atoms with Crippen LogP contribution in [-0.2, 0) is 22.6 Å². The number of rotatable bonds is 7. The molecule has 0 aliphatic heterocycles. The summed E-state index contributed by atoms with van der Waals surface area (Å²) in [6, 6.07) is 13.1. The van der Waals surface area contributed by atoms with E-state index in [0.29, 0.717) is 17.2 Å². The average Bonchev–Trinajstić information content (AvgIpc) is 2.72. The minimum Gasteiger partial charge on any atom is -0.507 e. The fourth-order valence-corrected chi connectivity index (χ4v) is 3.45. The van der Waals surface area contributed by atoms with Crippen LogP contribution < -0.4 is 5.56 Å². The summed E-state index contributed by atoms with van der Waals surface area (Å²) in [5.41, 5.74) is 2.25. The summed E-state index contributed by atoms with van der Waals surface area (Å²) in [6.07, 6.45) is 2.34. The summed E-state index contributed by atoms with van der Waals surface area (Å²) in [7, 11) is 0. The zero-order valence-electron chi connectivity index (χ0n) is 17.0. The van der Waals surface area contributed by atoms with Crippen LogP contribution in [0.25, 0.3) is 5.76 Å². The van der Waals surface area contributed by atoms with Gasteiger partial charge in [0.15, 0.2) is 0 Å². The van der Waals surface area contributed by atoms with E-state index in [1.54, 1.807) is 12.3 Å². The van der Waals surface area contributed by atoms with Crippen LogP contribution in [-0.4, -0.2) is 26.5 Å². The Kier molecular flexibility index (Phi) is 6.90. The van der Waals surface area contributed by atoms with Crippen LogP contribution in [0.4, 0.5) is 4.39 Å². The number of halogens is 2. The van der Waals surface area contributed by atoms with Crippen LogP contribution in [0.3, 0.4) is 0 Å². The van der Waals surface area contributed by atoms with Gasteiger partial charge < -0.3 is 14.8 Å². The van der Waals surface area contributed by atoms with Crippen molar-refractivity contribution in [2.24, 2.45) is 0 Å². The van der Waals surface area contributed by atoms with Crippen molar-refractivity contribution in [2.45, 2.75) is 19.9 Å². The number of aliphatic hydroxyl groups is 1. The molecule has 0 saturated carbocycles. The van der Waals surface area contributed by atoms with E-state index < -0.39 is 28.9 Å². The number of nitrogens with zero attached hydrogens (tertiary/aromatic N) is 1. The summed E-state index contributed by atoms with van der Waals surface area (Å²) in [5.74, 6) is -4.43. The molecule has 0 bridgehead atoms. The van der Waals surface area contributed by atoms with Gasteiger partial charge in [-0.15, -0.1) is 0 Å². The molecule has 2 aromatic carbocycles. The summed E-state index contributed by atoms with van der Waals surface area (Å²) >= 11 is 5.85. The Morgan fingerprint density at radius 2 is 1.81 bits per heavy atom. The summed E-state index contributed by atoms with van der Waals surface area (Å²) < 4.78 is 14.8. The van der Waals surface area contributed by atoms with Crippen molar-refractivity contribution in [3.8, 4) is 0 Å². The highest BCUT2D eigenvalue weighted by Gasteiger charge is 2.16. The monoisotopic (exact) mass is 455 g/mol. The van der Waals surface area contributed by atoms with E-state index in [9.17, 15) is 23.9 Å². The van der Waals surface area contributed by atoms with Crippen molar-refractivity contribution in [1.82, 2.24) is 4.57 Å². The molecular weight excluding hydrogens is 437 g/mol. The van der Waals surface area contributed by atoms with E-state index in [2.05, 4.69) is 0 Å². The molecule has 8 heteroatoms. The lowest BCUT2D eigenvalue weighted by atomic mass is 10.0. The number of aliphatic hydroxyl groups excluding tert-OH is 1. The molecule has 1 aromatic heterocycles. The van der Waals surface area contributed by atoms with Crippen LogP contribution in [0.5, 0.6) is 0 Å². The van der Waals surface area contributed by atoms with Gasteiger partial charge in [0, 0.05) is 12.3 Å². The molecule has 0 radical (unpaired) electrons. The molecule has 1 heterocycles. The number of carbonyl (C=O) groups excluding carboxylic acids is 1. The van der Waals surface area contributed by atoms with Gasteiger partial charge in [0.2, 0.25) is 0 Å². The number of carboxylic acid groups (broad SMARTS) is 1. The molecule has 3 rings (SSSR count). The van der Waals surface area contributed by atoms with Gasteiger partial charge in [0.25, 0.3) is 11.3 Å². The molecule has 0 unspecified atom stereocenters. The third kappa shape index (κ3) is 5.50. The van der Waals surface area contributed by atoms with Crippen LogP contribution in [0.15, 0.2) is 65.6 Å². The average molecular weight is 456 g/mol. The predicted molar refractivity (Wildman–Crippen MR) is 118 cm³/mol. The van der Waals surface area contributed by atoms with E-state index in [0.717, 1.165) is 11.1 Å². The Morgan fingerprint density at radius 1 is 1.06 bits per heavy atom. The molecular formula is C24H19ClFNO5. The van der Waals surface area contributed by atoms with Gasteiger partial charge in [-0.2, -0.15) is 0 Å². The molecule has 0 amide bonds. The SMILES string of the molecule is Cc1cccc(Cn2cc(Cc3ccc(F)c(Cl)c3)cc(C(O)=CC(=O)C(=O)O)c2=O)c1. The molecule has 32 heavy (non-hydrogen) atoms. The van der Waals surface area contributed by atoms with Crippen molar-refractivity contribution < 1.29 is 24.2 Å². The van der Waals surface area contributed by atoms with Gasteiger partial charge in [-0.1, -0.05) is 47.5 Å². The highest BCUT2D eigenvalue weighted by Crippen LogP contribution is 2.20. The first-order chi connectivity index (χ1) is 15.1. The van der Waals surface area contributed by atoms with Crippen molar-refractivity contribution in [2.75, 3.05) is 0 Å². The second kappa shape index (κ2) is 9.62. The first-order valence-electron chi connectivity index (χ1n) is 9.55.